The van der Waals surface area contributed by atoms with E-state index in [-0.39, 0.29) is 5.02 Å². The van der Waals surface area contributed by atoms with Crippen molar-refractivity contribution in [3.8, 4) is 22.4 Å². The first-order valence-corrected chi connectivity index (χ1v) is 9.72. The molecule has 2 amide bonds. The Hall–Kier alpha value is -3.59. The predicted octanol–water partition coefficient (Wildman–Crippen LogP) is 6.14. The topological polar surface area (TPSA) is 58.4 Å². The number of pyridine rings is 1. The van der Waals surface area contributed by atoms with E-state index in [0.717, 1.165) is 11.1 Å². The number of imidazole rings is 1. The molecule has 4 rings (SSSR count). The molecule has 4 aromatic rings. The van der Waals surface area contributed by atoms with Crippen LogP contribution in [0.5, 0.6) is 0 Å². The van der Waals surface area contributed by atoms with Gasteiger partial charge in [0.05, 0.1) is 16.9 Å². The summed E-state index contributed by atoms with van der Waals surface area (Å²) in [6, 6.07) is 13.8. The summed E-state index contributed by atoms with van der Waals surface area (Å²) in [5.74, 6) is -0.500. The number of carbonyl (C=O) groups excluding carboxylic acids is 1. The van der Waals surface area contributed by atoms with Crippen molar-refractivity contribution >= 4 is 29.0 Å². The molecule has 32 heavy (non-hydrogen) atoms. The zero-order valence-corrected chi connectivity index (χ0v) is 17.0. The molecule has 2 aromatic carbocycles. The van der Waals surface area contributed by atoms with Crippen molar-refractivity contribution < 1.29 is 22.4 Å². The molecule has 0 radical (unpaired) electrons. The number of hydrogen-bond donors (Lipinski definition) is 2. The van der Waals surface area contributed by atoms with E-state index < -0.39 is 24.6 Å². The first-order chi connectivity index (χ1) is 15.2. The molecule has 0 fully saturated rings. The summed E-state index contributed by atoms with van der Waals surface area (Å²) < 4.78 is 52.0. The molecule has 164 valence electrons. The maximum absolute atomic E-state index is 13.4. The summed E-state index contributed by atoms with van der Waals surface area (Å²) in [6.45, 7) is -1.42. The van der Waals surface area contributed by atoms with Gasteiger partial charge in [-0.2, -0.15) is 13.2 Å². The van der Waals surface area contributed by atoms with Crippen molar-refractivity contribution in [1.29, 1.82) is 0 Å². The van der Waals surface area contributed by atoms with Gasteiger partial charge in [0.25, 0.3) is 0 Å². The van der Waals surface area contributed by atoms with Gasteiger partial charge in [-0.1, -0.05) is 29.8 Å². The average Bonchev–Trinajstić information content (AvgIpc) is 3.17. The van der Waals surface area contributed by atoms with Crippen LogP contribution in [0.4, 0.5) is 28.0 Å². The molecule has 0 aliphatic carbocycles. The fourth-order valence-corrected chi connectivity index (χ4v) is 3.34. The third-order valence-electron chi connectivity index (χ3n) is 4.63. The fourth-order valence-electron chi connectivity index (χ4n) is 3.16. The average molecular weight is 463 g/mol. The molecule has 0 saturated carbocycles. The number of nitrogens with zero attached hydrogens (tertiary/aromatic N) is 2. The molecule has 0 bridgehead atoms. The Morgan fingerprint density at radius 1 is 1.03 bits per heavy atom. The summed E-state index contributed by atoms with van der Waals surface area (Å²) >= 11 is 5.87. The van der Waals surface area contributed by atoms with Crippen LogP contribution in [0.2, 0.25) is 5.02 Å². The fraction of sp³-hybridized carbons (Fsp3) is 0.0909. The zero-order valence-electron chi connectivity index (χ0n) is 16.3. The number of nitrogens with one attached hydrogen (secondary N) is 2. The van der Waals surface area contributed by atoms with Gasteiger partial charge < -0.3 is 10.6 Å². The Kier molecular flexibility index (Phi) is 5.75. The van der Waals surface area contributed by atoms with E-state index in [4.69, 9.17) is 11.6 Å². The summed E-state index contributed by atoms with van der Waals surface area (Å²) in [5, 5.41) is 4.16. The maximum atomic E-state index is 13.4. The van der Waals surface area contributed by atoms with Crippen LogP contribution in [0.3, 0.4) is 0 Å². The van der Waals surface area contributed by atoms with E-state index in [1.165, 1.54) is 12.1 Å². The number of halogens is 5. The zero-order chi connectivity index (χ0) is 22.9. The van der Waals surface area contributed by atoms with Gasteiger partial charge in [0, 0.05) is 17.4 Å². The van der Waals surface area contributed by atoms with Crippen molar-refractivity contribution in [2.45, 2.75) is 6.18 Å². The van der Waals surface area contributed by atoms with E-state index in [0.29, 0.717) is 22.6 Å². The van der Waals surface area contributed by atoms with E-state index in [9.17, 15) is 22.4 Å². The Bertz CT molecular complexity index is 1300. The third-order valence-corrected chi connectivity index (χ3v) is 4.92. The van der Waals surface area contributed by atoms with Gasteiger partial charge in [-0.05, 0) is 47.5 Å². The number of amides is 2. The molecule has 10 heteroatoms. The molecular weight excluding hydrogens is 448 g/mol. The molecule has 0 saturated heterocycles. The Morgan fingerprint density at radius 2 is 1.81 bits per heavy atom. The molecule has 0 spiro atoms. The number of aromatic nitrogens is 2. The quantitative estimate of drug-likeness (QED) is 0.358. The van der Waals surface area contributed by atoms with Crippen LogP contribution in [-0.2, 0) is 0 Å². The monoisotopic (exact) mass is 462 g/mol. The number of rotatable bonds is 4. The number of alkyl halides is 3. The second kappa shape index (κ2) is 8.51. The van der Waals surface area contributed by atoms with Gasteiger partial charge >= 0.3 is 12.2 Å². The SMILES string of the molecule is O=C(NCC(F)(F)F)Nc1cccc(-c2cnc3cc(-c4ccc(F)c(Cl)c4)ccn23)c1. The summed E-state index contributed by atoms with van der Waals surface area (Å²) in [7, 11) is 0. The van der Waals surface area contributed by atoms with Crippen LogP contribution in [-0.4, -0.2) is 28.1 Å². The second-order valence-electron chi connectivity index (χ2n) is 6.92. The number of benzene rings is 2. The smallest absolute Gasteiger partial charge is 0.329 e. The Labute approximate surface area is 184 Å². The molecule has 5 nitrogen and oxygen atoms in total. The van der Waals surface area contributed by atoms with Crippen molar-refractivity contribution in [3.05, 3.63) is 77.8 Å². The first kappa shape index (κ1) is 21.6. The minimum absolute atomic E-state index is 0.0231. The van der Waals surface area contributed by atoms with Crippen molar-refractivity contribution in [1.82, 2.24) is 14.7 Å². The van der Waals surface area contributed by atoms with Gasteiger partial charge in [-0.3, -0.25) is 4.40 Å². The number of anilines is 1. The molecule has 0 aliphatic rings. The Morgan fingerprint density at radius 3 is 2.56 bits per heavy atom. The van der Waals surface area contributed by atoms with Gasteiger partial charge in [0.2, 0.25) is 0 Å². The lowest BCUT2D eigenvalue weighted by Gasteiger charge is -2.11. The molecule has 2 aromatic heterocycles. The lowest BCUT2D eigenvalue weighted by molar-refractivity contribution is -0.122. The highest BCUT2D eigenvalue weighted by Gasteiger charge is 2.27. The van der Waals surface area contributed by atoms with E-state index in [1.807, 2.05) is 16.5 Å². The van der Waals surface area contributed by atoms with Gasteiger partial charge in [-0.15, -0.1) is 0 Å². The molecule has 0 atom stereocenters. The lowest BCUT2D eigenvalue weighted by atomic mass is 10.1. The minimum Gasteiger partial charge on any atom is -0.329 e. The highest BCUT2D eigenvalue weighted by molar-refractivity contribution is 6.31. The predicted molar refractivity (Wildman–Crippen MR) is 114 cm³/mol. The standard InChI is InChI=1S/C22H15ClF4N4O/c23-17-9-13(4-5-18(17)24)14-6-7-31-19(11-28-20(31)10-14)15-2-1-3-16(8-15)30-21(32)29-12-22(25,26)27/h1-11H,12H2,(H2,29,30,32). The van der Waals surface area contributed by atoms with Crippen molar-refractivity contribution in [2.24, 2.45) is 0 Å². The number of carbonyl (C=O) groups is 1. The van der Waals surface area contributed by atoms with Crippen LogP contribution in [0.15, 0.2) is 67.0 Å². The molecule has 0 unspecified atom stereocenters. The highest BCUT2D eigenvalue weighted by atomic mass is 35.5. The van der Waals surface area contributed by atoms with Crippen LogP contribution < -0.4 is 10.6 Å². The van der Waals surface area contributed by atoms with Crippen LogP contribution in [0.25, 0.3) is 28.0 Å². The van der Waals surface area contributed by atoms with E-state index in [2.05, 4.69) is 10.3 Å². The Balaban J connectivity index is 1.58. The van der Waals surface area contributed by atoms with Crippen molar-refractivity contribution in [3.63, 3.8) is 0 Å². The van der Waals surface area contributed by atoms with Crippen LogP contribution in [0, 0.1) is 5.82 Å². The molecule has 0 aliphatic heterocycles. The lowest BCUT2D eigenvalue weighted by Crippen LogP contribution is -2.36. The van der Waals surface area contributed by atoms with E-state index >= 15 is 0 Å². The normalized spacial score (nSPS) is 11.5. The van der Waals surface area contributed by atoms with Gasteiger partial charge in [-0.25, -0.2) is 14.2 Å². The number of hydrogen-bond acceptors (Lipinski definition) is 2. The molecule has 2 heterocycles. The second-order valence-corrected chi connectivity index (χ2v) is 7.33. The van der Waals surface area contributed by atoms with Crippen LogP contribution >= 0.6 is 11.6 Å². The van der Waals surface area contributed by atoms with E-state index in [1.54, 1.807) is 48.0 Å². The minimum atomic E-state index is -4.49. The van der Waals surface area contributed by atoms with Gasteiger partial charge in [0.1, 0.15) is 18.0 Å². The largest absolute Gasteiger partial charge is 0.405 e. The first-order valence-electron chi connectivity index (χ1n) is 9.34. The molecule has 2 N–H and O–H groups in total. The van der Waals surface area contributed by atoms with Crippen molar-refractivity contribution in [2.75, 3.05) is 11.9 Å². The third kappa shape index (κ3) is 4.83. The summed E-state index contributed by atoms with van der Waals surface area (Å²) in [5.41, 5.74) is 3.90. The maximum Gasteiger partial charge on any atom is 0.405 e. The number of urea groups is 1. The summed E-state index contributed by atoms with van der Waals surface area (Å²) in [4.78, 5) is 16.1. The number of fused-ring (bicyclic) bond motifs is 1. The molecular formula is C22H15ClF4N4O. The van der Waals surface area contributed by atoms with Gasteiger partial charge in [0.15, 0.2) is 0 Å². The highest BCUT2D eigenvalue weighted by Crippen LogP contribution is 2.28. The summed E-state index contributed by atoms with van der Waals surface area (Å²) in [6.07, 6.45) is -1.06. The van der Waals surface area contributed by atoms with Crippen LogP contribution in [0.1, 0.15) is 0 Å².